The van der Waals surface area contributed by atoms with Crippen LogP contribution in [0.25, 0.3) is 0 Å². The average molecular weight is 709 g/mol. The van der Waals surface area contributed by atoms with Gasteiger partial charge in [0.1, 0.15) is 11.9 Å². The number of hydrogen-bond donors (Lipinski definition) is 1. The number of carbonyl (C=O) groups is 1. The highest BCUT2D eigenvalue weighted by Gasteiger charge is 2.64. The third-order valence-electron chi connectivity index (χ3n) is 7.93. The van der Waals surface area contributed by atoms with Gasteiger partial charge in [-0.3, -0.25) is 0 Å². The molecule has 15 heteroatoms. The second kappa shape index (κ2) is 14.1. The molecule has 0 unspecified atom stereocenters. The molecule has 0 radical (unpaired) electrons. The van der Waals surface area contributed by atoms with Gasteiger partial charge in [-0.15, -0.1) is 13.2 Å². The maximum absolute atomic E-state index is 14.8. The standard InChI is InChI=1S/C34H30F6N2O6S/c1-46-32(33(35,36)37,25-11-3-2-4-12-25)31(43)47-27(21-41-49(44,45)28-19-17-26(18-20-28)48-34(38,39)40)22-42-29-13-7-5-9-23(29)15-16-24-10-6-8-14-30(24)42/h2-14,17-20,27,41H,15-16,21-22H2,1H3/t27-,32-/m0/s1. The molecule has 1 heterocycles. The predicted molar refractivity (Wildman–Crippen MR) is 167 cm³/mol. The number of benzene rings is 4. The summed E-state index contributed by atoms with van der Waals surface area (Å²) in [4.78, 5) is 15.0. The van der Waals surface area contributed by atoms with E-state index in [0.29, 0.717) is 31.3 Å². The number of nitrogens with zero attached hydrogens (tertiary/aromatic N) is 1. The van der Waals surface area contributed by atoms with Crippen LogP contribution in [-0.2, 0) is 42.7 Å². The van der Waals surface area contributed by atoms with Crippen molar-refractivity contribution in [1.29, 1.82) is 0 Å². The van der Waals surface area contributed by atoms with Crippen molar-refractivity contribution in [3.63, 3.8) is 0 Å². The summed E-state index contributed by atoms with van der Waals surface area (Å²) in [7, 11) is -3.78. The van der Waals surface area contributed by atoms with Crippen LogP contribution in [0.2, 0.25) is 0 Å². The van der Waals surface area contributed by atoms with Crippen molar-refractivity contribution in [3.05, 3.63) is 120 Å². The van der Waals surface area contributed by atoms with Gasteiger partial charge in [0.15, 0.2) is 0 Å². The number of anilines is 2. The number of para-hydroxylation sites is 2. The predicted octanol–water partition coefficient (Wildman–Crippen LogP) is 6.82. The largest absolute Gasteiger partial charge is 0.573 e. The van der Waals surface area contributed by atoms with E-state index in [1.807, 2.05) is 24.3 Å². The molecule has 0 amide bonds. The third kappa shape index (κ3) is 7.84. The molecule has 2 atom stereocenters. The van der Waals surface area contributed by atoms with Gasteiger partial charge in [0.05, 0.1) is 11.4 Å². The highest BCUT2D eigenvalue weighted by molar-refractivity contribution is 7.89. The zero-order chi connectivity index (χ0) is 35.5. The van der Waals surface area contributed by atoms with Crippen LogP contribution in [-0.4, -0.2) is 53.2 Å². The highest BCUT2D eigenvalue weighted by atomic mass is 32.2. The zero-order valence-electron chi connectivity index (χ0n) is 25.8. The van der Waals surface area contributed by atoms with E-state index in [-0.39, 0.29) is 6.54 Å². The molecule has 0 fully saturated rings. The van der Waals surface area contributed by atoms with Gasteiger partial charge in [-0.1, -0.05) is 66.7 Å². The lowest BCUT2D eigenvalue weighted by Gasteiger charge is -2.35. The van der Waals surface area contributed by atoms with Crippen LogP contribution in [0.5, 0.6) is 5.75 Å². The number of ether oxygens (including phenoxy) is 3. The fraction of sp³-hybridized carbons (Fsp3) is 0.265. The molecule has 1 aliphatic rings. The normalized spacial score (nSPS) is 15.3. The summed E-state index contributed by atoms with van der Waals surface area (Å²) in [6.45, 7) is -1.02. The monoisotopic (exact) mass is 708 g/mol. The highest BCUT2D eigenvalue weighted by Crippen LogP contribution is 2.43. The van der Waals surface area contributed by atoms with Crippen LogP contribution < -0.4 is 14.4 Å². The van der Waals surface area contributed by atoms with Crippen molar-refractivity contribution in [1.82, 2.24) is 4.72 Å². The van der Waals surface area contributed by atoms with Crippen LogP contribution in [0.3, 0.4) is 0 Å². The Bertz CT molecular complexity index is 1820. The van der Waals surface area contributed by atoms with Crippen LogP contribution in [0, 0.1) is 0 Å². The molecule has 260 valence electrons. The number of hydrogen-bond acceptors (Lipinski definition) is 7. The molecule has 0 aliphatic carbocycles. The fourth-order valence-corrected chi connectivity index (χ4v) is 6.71. The minimum absolute atomic E-state index is 0.299. The lowest BCUT2D eigenvalue weighted by Crippen LogP contribution is -2.54. The maximum atomic E-state index is 14.8. The molecule has 4 aromatic rings. The number of rotatable bonds is 11. The van der Waals surface area contributed by atoms with Crippen molar-refractivity contribution in [2.24, 2.45) is 0 Å². The lowest BCUT2D eigenvalue weighted by molar-refractivity contribution is -0.278. The number of carbonyl (C=O) groups excluding carboxylic acids is 1. The van der Waals surface area contributed by atoms with Gasteiger partial charge < -0.3 is 19.1 Å². The van der Waals surface area contributed by atoms with E-state index in [1.54, 1.807) is 29.2 Å². The van der Waals surface area contributed by atoms with Crippen LogP contribution in [0.15, 0.2) is 108 Å². The Morgan fingerprint density at radius 3 is 1.84 bits per heavy atom. The molecule has 0 saturated carbocycles. The van der Waals surface area contributed by atoms with E-state index < -0.39 is 63.0 Å². The molecule has 4 aromatic carbocycles. The van der Waals surface area contributed by atoms with E-state index in [1.165, 1.54) is 18.2 Å². The summed E-state index contributed by atoms with van der Waals surface area (Å²) in [5, 5.41) is 0. The molecule has 0 aromatic heterocycles. The fourth-order valence-electron chi connectivity index (χ4n) is 5.64. The van der Waals surface area contributed by atoms with Gasteiger partial charge in [0, 0.05) is 30.6 Å². The molecule has 0 spiro atoms. The van der Waals surface area contributed by atoms with Gasteiger partial charge in [-0.25, -0.2) is 17.9 Å². The zero-order valence-corrected chi connectivity index (χ0v) is 26.6. The number of sulfonamides is 1. The summed E-state index contributed by atoms with van der Waals surface area (Å²) in [6.07, 6.45) is -10.6. The number of methoxy groups -OCH3 is 1. The summed E-state index contributed by atoms with van der Waals surface area (Å²) < 4.78 is 125. The van der Waals surface area contributed by atoms with Gasteiger partial charge in [-0.05, 0) is 60.4 Å². The molecule has 49 heavy (non-hydrogen) atoms. The molecule has 5 rings (SSSR count). The van der Waals surface area contributed by atoms with E-state index in [4.69, 9.17) is 9.47 Å². The number of alkyl halides is 6. The van der Waals surface area contributed by atoms with Crippen molar-refractivity contribution < 1.29 is 53.8 Å². The first-order valence-corrected chi connectivity index (χ1v) is 16.3. The van der Waals surface area contributed by atoms with Crippen LogP contribution in [0.1, 0.15) is 16.7 Å². The quantitative estimate of drug-likeness (QED) is 0.135. The van der Waals surface area contributed by atoms with Crippen molar-refractivity contribution in [3.8, 4) is 5.75 Å². The molecular weight excluding hydrogens is 678 g/mol. The Kier molecular flexibility index (Phi) is 10.3. The number of esters is 1. The second-order valence-corrected chi connectivity index (χ2v) is 12.8. The molecular formula is C34H30F6N2O6S. The third-order valence-corrected chi connectivity index (χ3v) is 9.37. The topological polar surface area (TPSA) is 94.2 Å². The van der Waals surface area contributed by atoms with E-state index in [2.05, 4.69) is 9.46 Å². The van der Waals surface area contributed by atoms with Crippen LogP contribution >= 0.6 is 0 Å². The molecule has 8 nitrogen and oxygen atoms in total. The molecule has 0 saturated heterocycles. The Morgan fingerprint density at radius 2 is 1.33 bits per heavy atom. The molecule has 1 N–H and O–H groups in total. The van der Waals surface area contributed by atoms with Gasteiger partial charge in [0.25, 0.3) is 5.60 Å². The van der Waals surface area contributed by atoms with Crippen molar-refractivity contribution in [2.75, 3.05) is 25.1 Å². The Balaban J connectivity index is 1.52. The van der Waals surface area contributed by atoms with Crippen LogP contribution in [0.4, 0.5) is 37.7 Å². The number of aryl methyl sites for hydroxylation is 2. The minimum atomic E-state index is -5.30. The molecule has 0 bridgehead atoms. The smallest absolute Gasteiger partial charge is 0.456 e. The summed E-state index contributed by atoms with van der Waals surface area (Å²) in [5.41, 5.74) is -0.968. The lowest BCUT2D eigenvalue weighted by atomic mass is 9.92. The minimum Gasteiger partial charge on any atom is -0.456 e. The Hall–Kier alpha value is -4.60. The maximum Gasteiger partial charge on any atom is 0.573 e. The van der Waals surface area contributed by atoms with Crippen molar-refractivity contribution >= 4 is 27.4 Å². The number of nitrogens with one attached hydrogen (secondary N) is 1. The summed E-state index contributed by atoms with van der Waals surface area (Å²) in [6, 6.07) is 24.0. The second-order valence-electron chi connectivity index (χ2n) is 11.0. The van der Waals surface area contributed by atoms with Gasteiger partial charge in [0.2, 0.25) is 10.0 Å². The first-order chi connectivity index (χ1) is 23.1. The summed E-state index contributed by atoms with van der Waals surface area (Å²) >= 11 is 0. The van der Waals surface area contributed by atoms with Crippen molar-refractivity contribution in [2.45, 2.75) is 42.0 Å². The van der Waals surface area contributed by atoms with E-state index in [0.717, 1.165) is 47.5 Å². The first-order valence-electron chi connectivity index (χ1n) is 14.8. The molecule has 1 aliphatic heterocycles. The number of halogens is 6. The van der Waals surface area contributed by atoms with E-state index >= 15 is 0 Å². The first kappa shape index (κ1) is 35.7. The number of fused-ring (bicyclic) bond motifs is 2. The average Bonchev–Trinajstić information content (AvgIpc) is 3.20. The SMILES string of the molecule is CO[C@](C(=O)O[C@@H](CNS(=O)(=O)c1ccc(OC(F)(F)F)cc1)CN1c2ccccc2CCc2ccccc21)(c1ccccc1)C(F)(F)F. The van der Waals surface area contributed by atoms with Gasteiger partial charge in [-0.2, -0.15) is 13.2 Å². The Labute approximate surface area is 278 Å². The summed E-state index contributed by atoms with van der Waals surface area (Å²) in [5.74, 6) is -2.50. The van der Waals surface area contributed by atoms with Gasteiger partial charge >= 0.3 is 18.5 Å². The Morgan fingerprint density at radius 1 is 0.796 bits per heavy atom. The van der Waals surface area contributed by atoms with E-state index in [9.17, 15) is 39.6 Å².